The van der Waals surface area contributed by atoms with Gasteiger partial charge in [0.2, 0.25) is 0 Å². The Hall–Kier alpha value is -0.760. The summed E-state index contributed by atoms with van der Waals surface area (Å²) in [5, 5.41) is 9.62. The summed E-state index contributed by atoms with van der Waals surface area (Å²) in [6.45, 7) is 6.82. The van der Waals surface area contributed by atoms with Crippen molar-refractivity contribution in [3.05, 3.63) is 69.2 Å². The average molecular weight is 615 g/mol. The molecule has 31 heavy (non-hydrogen) atoms. The first-order valence-electron chi connectivity index (χ1n) is 10.6. The second-order valence-electron chi connectivity index (χ2n) is 10.0. The number of fused-ring (bicyclic) bond motifs is 1. The van der Waals surface area contributed by atoms with Gasteiger partial charge in [-0.15, -0.1) is 5.11 Å². The van der Waals surface area contributed by atoms with Crippen molar-refractivity contribution in [3.63, 3.8) is 0 Å². The third-order valence-electron chi connectivity index (χ3n) is 6.95. The van der Waals surface area contributed by atoms with Gasteiger partial charge in [0, 0.05) is 15.1 Å². The van der Waals surface area contributed by atoms with Crippen molar-refractivity contribution in [3.8, 4) is 0 Å². The van der Waals surface area contributed by atoms with E-state index in [1.54, 1.807) is 5.57 Å². The highest BCUT2D eigenvalue weighted by molar-refractivity contribution is 9.10. The fourth-order valence-corrected chi connectivity index (χ4v) is 5.60. The molecule has 0 heterocycles. The van der Waals surface area contributed by atoms with Gasteiger partial charge in [0.25, 0.3) is 0 Å². The normalized spacial score (nSPS) is 21.9. The molecule has 0 saturated heterocycles. The van der Waals surface area contributed by atoms with Gasteiger partial charge in [-0.2, -0.15) is 5.11 Å². The quantitative estimate of drug-likeness (QED) is 0.188. The van der Waals surface area contributed by atoms with Crippen LogP contribution in [-0.4, -0.2) is 25.1 Å². The van der Waals surface area contributed by atoms with Gasteiger partial charge in [-0.05, 0) is 81.9 Å². The number of halogens is 3. The molecule has 0 spiro atoms. The second-order valence-corrected chi connectivity index (χ2v) is 11.3. The minimum absolute atomic E-state index is 0. The fourth-order valence-electron chi connectivity index (χ4n) is 5.06. The first-order valence-corrected chi connectivity index (χ1v) is 11.8. The Labute approximate surface area is 216 Å². The molecule has 166 valence electrons. The monoisotopic (exact) mass is 613 g/mol. The standard InChI is InChI=1S/C25H30BrClN3.HI/c1-25(2)19-10-9-17(21(25)14-19)15-30(3,4)16-18-13-20(11-12-23(18)27)28-29-24-8-6-5-7-22(24)26;/h5-9,11-13,19,21H,10,14-16H2,1-4H3;1H/q+1;/p-1. The van der Waals surface area contributed by atoms with Crippen LogP contribution >= 0.6 is 27.5 Å². The lowest BCUT2D eigenvalue weighted by molar-refractivity contribution is -0.899. The summed E-state index contributed by atoms with van der Waals surface area (Å²) in [5.41, 5.74) is 4.86. The number of rotatable bonds is 6. The SMILES string of the molecule is CC1(C)C2CC=C(C[N+](C)(C)Cc3cc(N=Nc4ccccc4Br)ccc3Cl)C1C2.[I-]. The molecular weight excluding hydrogens is 585 g/mol. The van der Waals surface area contributed by atoms with Gasteiger partial charge in [0.15, 0.2) is 0 Å². The van der Waals surface area contributed by atoms with Crippen molar-refractivity contribution in [2.24, 2.45) is 27.5 Å². The molecule has 2 aromatic carbocycles. The van der Waals surface area contributed by atoms with Gasteiger partial charge in [0.1, 0.15) is 13.1 Å². The second kappa shape index (κ2) is 9.62. The minimum atomic E-state index is 0. The Bertz CT molecular complexity index is 1020. The fraction of sp³-hybridized carbons (Fsp3) is 0.440. The Morgan fingerprint density at radius 1 is 1.10 bits per heavy atom. The zero-order chi connectivity index (χ0) is 21.5. The Balaban J connectivity index is 0.00000272. The molecule has 0 radical (unpaired) electrons. The first-order chi connectivity index (χ1) is 14.2. The van der Waals surface area contributed by atoms with E-state index in [1.165, 1.54) is 12.8 Å². The third kappa shape index (κ3) is 5.43. The molecule has 2 atom stereocenters. The predicted octanol–water partition coefficient (Wildman–Crippen LogP) is 5.09. The number of nitrogens with zero attached hydrogens (tertiary/aromatic N) is 3. The highest BCUT2D eigenvalue weighted by Gasteiger charge is 2.52. The van der Waals surface area contributed by atoms with Crippen molar-refractivity contribution in [1.29, 1.82) is 0 Å². The Morgan fingerprint density at radius 3 is 2.52 bits per heavy atom. The van der Waals surface area contributed by atoms with Gasteiger partial charge in [0.05, 0.1) is 25.5 Å². The number of quaternary nitrogens is 1. The van der Waals surface area contributed by atoms with Gasteiger partial charge >= 0.3 is 0 Å². The summed E-state index contributed by atoms with van der Waals surface area (Å²) in [5.74, 6) is 1.62. The maximum Gasteiger partial charge on any atom is 0.106 e. The Kier molecular flexibility index (Phi) is 7.72. The van der Waals surface area contributed by atoms with E-state index in [-0.39, 0.29) is 24.0 Å². The minimum Gasteiger partial charge on any atom is -1.00 e. The highest BCUT2D eigenvalue weighted by Crippen LogP contribution is 2.59. The predicted molar refractivity (Wildman–Crippen MR) is 129 cm³/mol. The lowest BCUT2D eigenvalue weighted by Crippen LogP contribution is -3.00. The number of hydrogen-bond acceptors (Lipinski definition) is 2. The smallest absolute Gasteiger partial charge is 0.106 e. The molecule has 0 aromatic heterocycles. The number of azo groups is 1. The molecular formula is C25H30BrClIN3. The molecule has 3 aliphatic rings. The Morgan fingerprint density at radius 2 is 1.84 bits per heavy atom. The summed E-state index contributed by atoms with van der Waals surface area (Å²) in [6.07, 6.45) is 5.11. The van der Waals surface area contributed by atoms with Crippen LogP contribution in [0, 0.1) is 17.3 Å². The highest BCUT2D eigenvalue weighted by atomic mass is 127. The lowest BCUT2D eigenvalue weighted by Gasteiger charge is -2.57. The summed E-state index contributed by atoms with van der Waals surface area (Å²) in [4.78, 5) is 0. The molecule has 5 rings (SSSR count). The van der Waals surface area contributed by atoms with Crippen LogP contribution in [0.15, 0.2) is 68.8 Å². The molecule has 3 nitrogen and oxygen atoms in total. The molecule has 0 aliphatic heterocycles. The maximum atomic E-state index is 6.56. The van der Waals surface area contributed by atoms with Crippen LogP contribution in [0.1, 0.15) is 32.3 Å². The van der Waals surface area contributed by atoms with E-state index < -0.39 is 0 Å². The molecule has 0 amide bonds. The van der Waals surface area contributed by atoms with Crippen LogP contribution in [0.5, 0.6) is 0 Å². The van der Waals surface area contributed by atoms with Crippen molar-refractivity contribution in [1.82, 2.24) is 0 Å². The summed E-state index contributed by atoms with van der Waals surface area (Å²) >= 11 is 10.1. The van der Waals surface area contributed by atoms with Crippen LogP contribution in [-0.2, 0) is 6.54 Å². The van der Waals surface area contributed by atoms with Crippen LogP contribution in [0.25, 0.3) is 0 Å². The van der Waals surface area contributed by atoms with E-state index in [1.807, 2.05) is 36.4 Å². The van der Waals surface area contributed by atoms with E-state index >= 15 is 0 Å². The molecule has 2 unspecified atom stereocenters. The number of benzene rings is 2. The third-order valence-corrected chi connectivity index (χ3v) is 7.99. The number of allylic oxidation sites excluding steroid dienone is 1. The molecule has 1 fully saturated rings. The zero-order valence-corrected chi connectivity index (χ0v) is 23.1. The summed E-state index contributed by atoms with van der Waals surface area (Å²) in [6, 6.07) is 13.8. The molecule has 2 aromatic rings. The molecule has 0 N–H and O–H groups in total. The average Bonchev–Trinajstić information content (AvgIpc) is 2.69. The van der Waals surface area contributed by atoms with E-state index in [9.17, 15) is 0 Å². The van der Waals surface area contributed by atoms with Crippen molar-refractivity contribution >= 4 is 38.9 Å². The molecule has 1 saturated carbocycles. The summed E-state index contributed by atoms with van der Waals surface area (Å²) in [7, 11) is 4.59. The van der Waals surface area contributed by atoms with E-state index in [4.69, 9.17) is 11.6 Å². The molecule has 3 aliphatic carbocycles. The van der Waals surface area contributed by atoms with Gasteiger partial charge in [-0.3, -0.25) is 0 Å². The topological polar surface area (TPSA) is 24.7 Å². The first kappa shape index (κ1) is 24.9. The van der Waals surface area contributed by atoms with Crippen molar-refractivity contribution in [2.45, 2.75) is 33.2 Å². The molecule has 2 bridgehead atoms. The molecule has 6 heteroatoms. The van der Waals surface area contributed by atoms with E-state index in [2.05, 4.69) is 66.2 Å². The summed E-state index contributed by atoms with van der Waals surface area (Å²) < 4.78 is 1.82. The van der Waals surface area contributed by atoms with Crippen molar-refractivity contribution < 1.29 is 28.5 Å². The lowest BCUT2D eigenvalue weighted by atomic mass is 9.49. The maximum absolute atomic E-state index is 6.56. The van der Waals surface area contributed by atoms with Gasteiger partial charge in [-0.25, -0.2) is 0 Å². The van der Waals surface area contributed by atoms with Crippen LogP contribution in [0.2, 0.25) is 5.02 Å². The van der Waals surface area contributed by atoms with Gasteiger partial charge < -0.3 is 28.5 Å². The van der Waals surface area contributed by atoms with E-state index in [0.717, 1.165) is 55.8 Å². The number of hydrogen-bond donors (Lipinski definition) is 0. The number of likely N-dealkylation sites (N-methyl/N-ethyl adjacent to an activating group) is 1. The van der Waals surface area contributed by atoms with E-state index in [0.29, 0.717) is 5.41 Å². The van der Waals surface area contributed by atoms with Crippen LogP contribution in [0.4, 0.5) is 11.4 Å². The van der Waals surface area contributed by atoms with Crippen molar-refractivity contribution in [2.75, 3.05) is 20.6 Å². The zero-order valence-electron chi connectivity index (χ0n) is 18.6. The van der Waals surface area contributed by atoms with Crippen LogP contribution < -0.4 is 24.0 Å². The van der Waals surface area contributed by atoms with Crippen LogP contribution in [0.3, 0.4) is 0 Å². The van der Waals surface area contributed by atoms with Gasteiger partial charge in [-0.1, -0.05) is 43.7 Å². The largest absolute Gasteiger partial charge is 1.00 e.